The van der Waals surface area contributed by atoms with Crippen molar-refractivity contribution in [1.29, 1.82) is 0 Å². The number of thiophene rings is 1. The molecule has 0 fully saturated rings. The molecular formula is C9H14Cl2N2O2S2. The highest BCUT2D eigenvalue weighted by molar-refractivity contribution is 7.89. The lowest BCUT2D eigenvalue weighted by Crippen LogP contribution is -2.30. The van der Waals surface area contributed by atoms with Gasteiger partial charge in [-0.2, -0.15) is 0 Å². The van der Waals surface area contributed by atoms with Gasteiger partial charge in [0.25, 0.3) is 0 Å². The van der Waals surface area contributed by atoms with E-state index in [9.17, 15) is 8.42 Å². The summed E-state index contributed by atoms with van der Waals surface area (Å²) in [6, 6.07) is 1.76. The molecule has 1 unspecified atom stereocenters. The van der Waals surface area contributed by atoms with Crippen LogP contribution in [0.3, 0.4) is 0 Å². The van der Waals surface area contributed by atoms with E-state index in [1.807, 2.05) is 6.92 Å². The Balaban J connectivity index is 2.51. The molecule has 0 amide bonds. The molecule has 4 nitrogen and oxygen atoms in total. The second-order valence-electron chi connectivity index (χ2n) is 3.48. The number of nitrogens with one attached hydrogen (secondary N) is 2. The molecule has 0 aliphatic heterocycles. The van der Waals surface area contributed by atoms with E-state index in [0.717, 1.165) is 5.56 Å². The van der Waals surface area contributed by atoms with E-state index in [4.69, 9.17) is 23.2 Å². The zero-order valence-corrected chi connectivity index (χ0v) is 12.6. The Bertz CT molecular complexity index is 473. The van der Waals surface area contributed by atoms with Crippen molar-refractivity contribution in [3.05, 3.63) is 20.3 Å². The zero-order chi connectivity index (χ0) is 13.1. The molecule has 0 aromatic carbocycles. The lowest BCUT2D eigenvalue weighted by molar-refractivity contribution is 0.567. The van der Waals surface area contributed by atoms with E-state index >= 15 is 0 Å². The predicted octanol–water partition coefficient (Wildman–Crippen LogP) is 2.25. The Hall–Kier alpha value is 0.150. The normalized spacial score (nSPS) is 13.9. The van der Waals surface area contributed by atoms with Crippen LogP contribution in [0.5, 0.6) is 0 Å². The molecule has 1 heterocycles. The smallest absolute Gasteiger partial charge is 0.212 e. The first-order valence-electron chi connectivity index (χ1n) is 4.95. The third kappa shape index (κ3) is 4.73. The molecule has 1 aromatic heterocycles. The fourth-order valence-electron chi connectivity index (χ4n) is 1.27. The van der Waals surface area contributed by atoms with E-state index in [-0.39, 0.29) is 11.8 Å². The van der Waals surface area contributed by atoms with Gasteiger partial charge in [-0.3, -0.25) is 0 Å². The summed E-state index contributed by atoms with van der Waals surface area (Å²) in [6.07, 6.45) is 0. The molecule has 0 aliphatic carbocycles. The Labute approximate surface area is 115 Å². The summed E-state index contributed by atoms with van der Waals surface area (Å²) >= 11 is 13.1. The third-order valence-corrected chi connectivity index (χ3v) is 5.16. The zero-order valence-electron chi connectivity index (χ0n) is 9.46. The van der Waals surface area contributed by atoms with Gasteiger partial charge in [0.15, 0.2) is 0 Å². The van der Waals surface area contributed by atoms with E-state index in [2.05, 4.69) is 10.0 Å². The van der Waals surface area contributed by atoms with Gasteiger partial charge in [-0.05, 0) is 25.6 Å². The monoisotopic (exact) mass is 316 g/mol. The van der Waals surface area contributed by atoms with E-state index in [0.29, 0.717) is 15.2 Å². The average molecular weight is 317 g/mol. The van der Waals surface area contributed by atoms with Gasteiger partial charge >= 0.3 is 0 Å². The van der Waals surface area contributed by atoms with Crippen molar-refractivity contribution in [1.82, 2.24) is 10.0 Å². The highest BCUT2D eigenvalue weighted by Crippen LogP contribution is 2.34. The molecule has 0 bridgehead atoms. The quantitative estimate of drug-likeness (QED) is 0.846. The van der Waals surface area contributed by atoms with Crippen LogP contribution in [0.4, 0.5) is 0 Å². The van der Waals surface area contributed by atoms with Crippen LogP contribution in [-0.2, 0) is 10.0 Å². The van der Waals surface area contributed by atoms with E-state index in [1.54, 1.807) is 6.07 Å². The first-order chi connectivity index (χ1) is 7.85. The van der Waals surface area contributed by atoms with E-state index < -0.39 is 10.0 Å². The fraction of sp³-hybridized carbons (Fsp3) is 0.556. The highest BCUT2D eigenvalue weighted by Gasteiger charge is 2.14. The Morgan fingerprint density at radius 2 is 2.12 bits per heavy atom. The van der Waals surface area contributed by atoms with Crippen LogP contribution >= 0.6 is 34.5 Å². The van der Waals surface area contributed by atoms with Crippen LogP contribution in [0.15, 0.2) is 6.07 Å². The van der Waals surface area contributed by atoms with Crippen molar-refractivity contribution < 1.29 is 8.42 Å². The van der Waals surface area contributed by atoms with Gasteiger partial charge in [-0.1, -0.05) is 23.2 Å². The van der Waals surface area contributed by atoms with Crippen molar-refractivity contribution >= 4 is 44.6 Å². The number of halogens is 2. The molecule has 0 aliphatic rings. The van der Waals surface area contributed by atoms with Gasteiger partial charge in [0.1, 0.15) is 0 Å². The first-order valence-corrected chi connectivity index (χ1v) is 8.17. The van der Waals surface area contributed by atoms with Gasteiger partial charge in [-0.15, -0.1) is 11.3 Å². The predicted molar refractivity (Wildman–Crippen MR) is 73.6 cm³/mol. The SMILES string of the molecule is CNS(=O)(=O)CCNC(C)c1cc(Cl)sc1Cl. The molecule has 0 saturated heterocycles. The maximum absolute atomic E-state index is 11.2. The number of sulfonamides is 1. The molecule has 17 heavy (non-hydrogen) atoms. The minimum Gasteiger partial charge on any atom is -0.309 e. The third-order valence-electron chi connectivity index (χ3n) is 2.28. The maximum atomic E-state index is 11.2. The standard InChI is InChI=1S/C9H14Cl2N2O2S2/c1-6(7-5-8(10)16-9(7)11)13-3-4-17(14,15)12-2/h5-6,12-13H,3-4H2,1-2H3. The molecule has 8 heteroatoms. The minimum absolute atomic E-state index is 0.0293. The topological polar surface area (TPSA) is 58.2 Å². The summed E-state index contributed by atoms with van der Waals surface area (Å²) in [5.74, 6) is 0.0311. The van der Waals surface area contributed by atoms with Crippen molar-refractivity contribution in [2.24, 2.45) is 0 Å². The summed E-state index contributed by atoms with van der Waals surface area (Å²) in [6.45, 7) is 2.27. The summed E-state index contributed by atoms with van der Waals surface area (Å²) in [7, 11) is -1.77. The van der Waals surface area contributed by atoms with Gasteiger partial charge in [0.2, 0.25) is 10.0 Å². The van der Waals surface area contributed by atoms with Crippen LogP contribution in [0, 0.1) is 0 Å². The molecule has 1 aromatic rings. The molecule has 0 spiro atoms. The molecule has 2 N–H and O–H groups in total. The van der Waals surface area contributed by atoms with Crippen LogP contribution in [0.1, 0.15) is 18.5 Å². The van der Waals surface area contributed by atoms with E-state index in [1.165, 1.54) is 18.4 Å². The summed E-state index contributed by atoms with van der Waals surface area (Å²) < 4.78 is 25.9. The second-order valence-corrected chi connectivity index (χ2v) is 7.81. The van der Waals surface area contributed by atoms with Crippen molar-refractivity contribution in [3.8, 4) is 0 Å². The number of hydrogen-bond donors (Lipinski definition) is 2. The van der Waals surface area contributed by atoms with Crippen LogP contribution in [-0.4, -0.2) is 27.8 Å². The van der Waals surface area contributed by atoms with Crippen molar-refractivity contribution in [2.75, 3.05) is 19.3 Å². The molecule has 1 atom stereocenters. The van der Waals surface area contributed by atoms with Gasteiger partial charge in [0.05, 0.1) is 14.4 Å². The molecule has 0 radical (unpaired) electrons. The molecule has 1 rings (SSSR count). The van der Waals surface area contributed by atoms with Gasteiger partial charge in [-0.25, -0.2) is 13.1 Å². The summed E-state index contributed by atoms with van der Waals surface area (Å²) in [4.78, 5) is 0. The molecule has 0 saturated carbocycles. The second kappa shape index (κ2) is 6.36. The van der Waals surface area contributed by atoms with Crippen LogP contribution in [0.25, 0.3) is 0 Å². The first kappa shape index (κ1) is 15.2. The average Bonchev–Trinajstić information content (AvgIpc) is 2.57. The lowest BCUT2D eigenvalue weighted by Gasteiger charge is -2.12. The highest BCUT2D eigenvalue weighted by atomic mass is 35.5. The molecular weight excluding hydrogens is 303 g/mol. The van der Waals surface area contributed by atoms with Gasteiger partial charge in [0, 0.05) is 12.6 Å². The van der Waals surface area contributed by atoms with Crippen molar-refractivity contribution in [2.45, 2.75) is 13.0 Å². The largest absolute Gasteiger partial charge is 0.309 e. The maximum Gasteiger partial charge on any atom is 0.212 e. The molecule has 98 valence electrons. The summed E-state index contributed by atoms with van der Waals surface area (Å²) in [5.41, 5.74) is 0.892. The fourth-order valence-corrected chi connectivity index (χ4v) is 3.51. The number of hydrogen-bond acceptors (Lipinski definition) is 4. The summed E-state index contributed by atoms with van der Waals surface area (Å²) in [5, 5.41) is 3.09. The Morgan fingerprint density at radius 1 is 1.47 bits per heavy atom. The van der Waals surface area contributed by atoms with Crippen molar-refractivity contribution in [3.63, 3.8) is 0 Å². The van der Waals surface area contributed by atoms with Gasteiger partial charge < -0.3 is 5.32 Å². The minimum atomic E-state index is -3.17. The van der Waals surface area contributed by atoms with Crippen LogP contribution < -0.4 is 10.0 Å². The number of rotatable bonds is 6. The Kier molecular flexibility index (Phi) is 5.69. The lowest BCUT2D eigenvalue weighted by atomic mass is 10.2. The Morgan fingerprint density at radius 3 is 2.59 bits per heavy atom. The van der Waals surface area contributed by atoms with Crippen LogP contribution in [0.2, 0.25) is 8.67 Å².